The molecule has 3 atom stereocenters. The first kappa shape index (κ1) is 28.7. The first-order chi connectivity index (χ1) is 19.2. The molecule has 0 saturated carbocycles. The molecule has 0 radical (unpaired) electrons. The summed E-state index contributed by atoms with van der Waals surface area (Å²) in [7, 11) is 1.74. The van der Waals surface area contributed by atoms with Crippen molar-refractivity contribution in [3.05, 3.63) is 52.3 Å². The molecule has 8 nitrogen and oxygen atoms in total. The highest BCUT2D eigenvalue weighted by atomic mass is 32.1. The summed E-state index contributed by atoms with van der Waals surface area (Å²) in [6, 6.07) is 11.1. The predicted octanol–water partition coefficient (Wildman–Crippen LogP) is 4.37. The predicted molar refractivity (Wildman–Crippen MR) is 158 cm³/mol. The molecule has 214 valence electrons. The van der Waals surface area contributed by atoms with Crippen LogP contribution in [0.4, 0.5) is 0 Å². The second-order valence-electron chi connectivity index (χ2n) is 11.5. The third-order valence-electron chi connectivity index (χ3n) is 8.31. The molecule has 0 aliphatic carbocycles. The van der Waals surface area contributed by atoms with Crippen molar-refractivity contribution in [2.45, 2.75) is 70.2 Å². The van der Waals surface area contributed by atoms with Gasteiger partial charge < -0.3 is 25.4 Å². The number of hydrogen-bond donors (Lipinski definition) is 3. The lowest BCUT2D eigenvalue weighted by atomic mass is 9.90. The van der Waals surface area contributed by atoms with Crippen molar-refractivity contribution in [2.75, 3.05) is 26.8 Å². The first-order valence-electron chi connectivity index (χ1n) is 14.2. The number of aromatic nitrogens is 1. The first-order valence-corrected chi connectivity index (χ1v) is 15.1. The molecule has 2 aliphatic heterocycles. The number of nitrogens with one attached hydrogen (secondary N) is 2. The Labute approximate surface area is 240 Å². The minimum absolute atomic E-state index is 0.0303. The molecule has 2 aromatic carbocycles. The Balaban J connectivity index is 1.44. The van der Waals surface area contributed by atoms with Crippen LogP contribution in [-0.4, -0.2) is 65.7 Å². The highest BCUT2D eigenvalue weighted by Crippen LogP contribution is 2.39. The number of aliphatic hydroxyl groups is 1. The van der Waals surface area contributed by atoms with Crippen LogP contribution in [0.1, 0.15) is 63.1 Å². The molecule has 0 bridgehead atoms. The molecule has 3 heterocycles. The number of amides is 2. The molecular formula is C31H40N4O4S. The maximum absolute atomic E-state index is 14.1. The van der Waals surface area contributed by atoms with Crippen LogP contribution in [0.25, 0.3) is 22.0 Å². The maximum atomic E-state index is 14.1. The molecule has 2 aliphatic rings. The van der Waals surface area contributed by atoms with E-state index in [1.807, 2.05) is 29.2 Å². The maximum Gasteiger partial charge on any atom is 0.246 e. The number of fused-ring (bicyclic) bond motifs is 1. The molecule has 3 N–H and O–H groups in total. The van der Waals surface area contributed by atoms with Crippen LogP contribution in [0.15, 0.2) is 41.8 Å². The quantitative estimate of drug-likeness (QED) is 0.375. The zero-order valence-electron chi connectivity index (χ0n) is 23.8. The Hall–Kier alpha value is -2.85. The van der Waals surface area contributed by atoms with Crippen LogP contribution in [0.5, 0.6) is 0 Å². The fourth-order valence-electron chi connectivity index (χ4n) is 5.75. The number of ether oxygens (including phenoxy) is 1. The number of hydrogen-bond acceptors (Lipinski definition) is 7. The summed E-state index contributed by atoms with van der Waals surface area (Å²) in [5.74, 6) is -0.159. The van der Waals surface area contributed by atoms with Gasteiger partial charge in [-0.1, -0.05) is 24.3 Å². The molecule has 0 unspecified atom stereocenters. The van der Waals surface area contributed by atoms with Crippen LogP contribution >= 0.6 is 11.3 Å². The van der Waals surface area contributed by atoms with Gasteiger partial charge in [-0.15, -0.1) is 11.3 Å². The van der Waals surface area contributed by atoms with Gasteiger partial charge in [0.05, 0.1) is 23.4 Å². The Bertz CT molecular complexity index is 1360. The molecule has 1 aromatic heterocycles. The average molecular weight is 565 g/mol. The zero-order valence-corrected chi connectivity index (χ0v) is 24.6. The van der Waals surface area contributed by atoms with Gasteiger partial charge in [-0.3, -0.25) is 9.59 Å². The summed E-state index contributed by atoms with van der Waals surface area (Å²) in [4.78, 5) is 33.9. The summed E-state index contributed by atoms with van der Waals surface area (Å²) in [5.41, 5.74) is 1.67. The average Bonchev–Trinajstić information content (AvgIpc) is 3.64. The van der Waals surface area contributed by atoms with E-state index in [9.17, 15) is 14.7 Å². The summed E-state index contributed by atoms with van der Waals surface area (Å²) in [5, 5.41) is 21.9. The van der Waals surface area contributed by atoms with Crippen LogP contribution in [0.3, 0.4) is 0 Å². The number of likely N-dealkylation sites (tertiary alicyclic amines) is 1. The standard InChI is InChI=1S/C31H40N4O4S/c1-19(32-4)28(36)34-27(20-11-14-39-15-12-20)30(37)35-13-7-10-26(35)29-33-25(18-40-29)24-17-22(31(2,3)38)16-21-8-5-6-9-23(21)24/h5-6,8-9,16-20,26-27,32,38H,7,10-15H2,1-4H3,(H,34,36)/t19-,26-,27-/m0/s1. The van der Waals surface area contributed by atoms with E-state index in [-0.39, 0.29) is 29.8 Å². The number of rotatable bonds is 8. The van der Waals surface area contributed by atoms with Gasteiger partial charge in [0.25, 0.3) is 0 Å². The number of carbonyl (C=O) groups excluding carboxylic acids is 2. The van der Waals surface area contributed by atoms with Crippen molar-refractivity contribution in [1.82, 2.24) is 20.5 Å². The molecule has 3 aromatic rings. The van der Waals surface area contributed by atoms with Gasteiger partial charge in [-0.25, -0.2) is 4.98 Å². The Morgan fingerprint density at radius 3 is 2.65 bits per heavy atom. The van der Waals surface area contributed by atoms with Crippen molar-refractivity contribution in [1.29, 1.82) is 0 Å². The van der Waals surface area contributed by atoms with Gasteiger partial charge in [0.2, 0.25) is 11.8 Å². The second-order valence-corrected chi connectivity index (χ2v) is 12.4. The van der Waals surface area contributed by atoms with E-state index in [0.717, 1.165) is 58.3 Å². The minimum atomic E-state index is -0.985. The molecule has 40 heavy (non-hydrogen) atoms. The highest BCUT2D eigenvalue weighted by Gasteiger charge is 2.40. The SMILES string of the molecule is CN[C@@H](C)C(=O)N[C@H](C(=O)N1CCC[C@H]1c1nc(-c2cc(C(C)(C)O)cc3ccccc23)cs1)C1CCOCC1. The number of carbonyl (C=O) groups is 2. The van der Waals surface area contributed by atoms with Crippen molar-refractivity contribution in [3.8, 4) is 11.3 Å². The Morgan fingerprint density at radius 1 is 1.18 bits per heavy atom. The largest absolute Gasteiger partial charge is 0.386 e. The van der Waals surface area contributed by atoms with Gasteiger partial charge in [0.1, 0.15) is 11.0 Å². The van der Waals surface area contributed by atoms with Gasteiger partial charge >= 0.3 is 0 Å². The van der Waals surface area contributed by atoms with E-state index in [0.29, 0.717) is 19.8 Å². The van der Waals surface area contributed by atoms with Gasteiger partial charge in [0.15, 0.2) is 0 Å². The Morgan fingerprint density at radius 2 is 1.93 bits per heavy atom. The van der Waals surface area contributed by atoms with E-state index in [4.69, 9.17) is 9.72 Å². The second kappa shape index (κ2) is 11.9. The third-order valence-corrected chi connectivity index (χ3v) is 9.26. The van der Waals surface area contributed by atoms with Crippen molar-refractivity contribution in [3.63, 3.8) is 0 Å². The molecule has 9 heteroatoms. The van der Waals surface area contributed by atoms with Gasteiger partial charge in [0, 0.05) is 30.7 Å². The monoisotopic (exact) mass is 564 g/mol. The van der Waals surface area contributed by atoms with Crippen LogP contribution in [0.2, 0.25) is 0 Å². The van der Waals surface area contributed by atoms with Crippen LogP contribution in [-0.2, 0) is 19.9 Å². The summed E-state index contributed by atoms with van der Waals surface area (Å²) < 4.78 is 5.55. The van der Waals surface area contributed by atoms with E-state index in [1.165, 1.54) is 0 Å². The summed E-state index contributed by atoms with van der Waals surface area (Å²) in [6.07, 6.45) is 3.22. The van der Waals surface area contributed by atoms with Crippen molar-refractivity contribution < 1.29 is 19.4 Å². The lowest BCUT2D eigenvalue weighted by Crippen LogP contribution is -2.56. The summed E-state index contributed by atoms with van der Waals surface area (Å²) >= 11 is 1.57. The van der Waals surface area contributed by atoms with E-state index < -0.39 is 11.6 Å². The van der Waals surface area contributed by atoms with Gasteiger partial charge in [-0.05, 0) is 87.9 Å². The third kappa shape index (κ3) is 5.93. The van der Waals surface area contributed by atoms with Crippen LogP contribution < -0.4 is 10.6 Å². The molecule has 2 fully saturated rings. The molecular weight excluding hydrogens is 524 g/mol. The fourth-order valence-corrected chi connectivity index (χ4v) is 6.71. The smallest absolute Gasteiger partial charge is 0.246 e. The van der Waals surface area contributed by atoms with E-state index >= 15 is 0 Å². The zero-order chi connectivity index (χ0) is 28.4. The fraction of sp³-hybridized carbons (Fsp3) is 0.516. The number of nitrogens with zero attached hydrogens (tertiary/aromatic N) is 2. The number of benzene rings is 2. The number of likely N-dealkylation sites (N-methyl/N-ethyl adjacent to an activating group) is 1. The molecule has 2 amide bonds. The van der Waals surface area contributed by atoms with E-state index in [2.05, 4.69) is 28.1 Å². The highest BCUT2D eigenvalue weighted by molar-refractivity contribution is 7.10. The lowest BCUT2D eigenvalue weighted by Gasteiger charge is -2.35. The lowest BCUT2D eigenvalue weighted by molar-refractivity contribution is -0.140. The van der Waals surface area contributed by atoms with Crippen LogP contribution in [0, 0.1) is 5.92 Å². The molecule has 2 saturated heterocycles. The molecule has 0 spiro atoms. The minimum Gasteiger partial charge on any atom is -0.386 e. The topological polar surface area (TPSA) is 104 Å². The van der Waals surface area contributed by atoms with E-state index in [1.54, 1.807) is 39.2 Å². The van der Waals surface area contributed by atoms with Crippen molar-refractivity contribution >= 4 is 33.9 Å². The normalized spacial score (nSPS) is 20.0. The Kier molecular flexibility index (Phi) is 8.56. The number of thiazole rings is 1. The molecule has 5 rings (SSSR count). The summed E-state index contributed by atoms with van der Waals surface area (Å²) in [6.45, 7) is 7.23. The van der Waals surface area contributed by atoms with Crippen molar-refractivity contribution in [2.24, 2.45) is 5.92 Å². The van der Waals surface area contributed by atoms with Gasteiger partial charge in [-0.2, -0.15) is 0 Å².